The van der Waals surface area contributed by atoms with E-state index in [4.69, 9.17) is 11.6 Å². The van der Waals surface area contributed by atoms with Crippen LogP contribution in [0.3, 0.4) is 0 Å². The molecule has 0 radical (unpaired) electrons. The lowest BCUT2D eigenvalue weighted by Gasteiger charge is -2.09. The number of nitrogens with one attached hydrogen (secondary N) is 1. The van der Waals surface area contributed by atoms with Crippen LogP contribution < -0.4 is 5.32 Å². The number of thioether (sulfide) groups is 1. The highest BCUT2D eigenvalue weighted by Crippen LogP contribution is 2.24. The summed E-state index contributed by atoms with van der Waals surface area (Å²) < 4.78 is 2.02. The highest BCUT2D eigenvalue weighted by atomic mass is 35.5. The summed E-state index contributed by atoms with van der Waals surface area (Å²) >= 11 is 7.71. The summed E-state index contributed by atoms with van der Waals surface area (Å²) in [6.45, 7) is 1.94. The van der Waals surface area contributed by atoms with E-state index in [9.17, 15) is 4.79 Å². The molecule has 6 heteroatoms. The molecule has 0 aliphatic carbocycles. The zero-order valence-electron chi connectivity index (χ0n) is 15.2. The van der Waals surface area contributed by atoms with E-state index in [1.54, 1.807) is 17.8 Å². The lowest BCUT2D eigenvalue weighted by molar-refractivity contribution is 0.102. The third-order valence-corrected chi connectivity index (χ3v) is 5.65. The summed E-state index contributed by atoms with van der Waals surface area (Å²) in [4.78, 5) is 18.2. The number of benzene rings is 2. The maximum absolute atomic E-state index is 12.5. The van der Waals surface area contributed by atoms with Gasteiger partial charge in [0.1, 0.15) is 5.65 Å². The molecule has 0 saturated heterocycles. The molecule has 0 atom stereocenters. The Labute approximate surface area is 172 Å². The minimum absolute atomic E-state index is 0.151. The summed E-state index contributed by atoms with van der Waals surface area (Å²) in [6, 6.07) is 19.0. The second kappa shape index (κ2) is 8.09. The number of aryl methyl sites for hydroxylation is 1. The van der Waals surface area contributed by atoms with Crippen molar-refractivity contribution in [2.45, 2.75) is 17.6 Å². The number of anilines is 1. The van der Waals surface area contributed by atoms with Crippen molar-refractivity contribution >= 4 is 40.6 Å². The lowest BCUT2D eigenvalue weighted by atomic mass is 10.1. The van der Waals surface area contributed by atoms with Gasteiger partial charge < -0.3 is 9.72 Å². The van der Waals surface area contributed by atoms with E-state index in [-0.39, 0.29) is 5.91 Å². The van der Waals surface area contributed by atoms with Crippen LogP contribution in [0, 0.1) is 6.92 Å². The second-order valence-electron chi connectivity index (χ2n) is 6.42. The molecule has 1 amide bonds. The second-order valence-corrected chi connectivity index (χ2v) is 7.91. The number of rotatable bonds is 5. The van der Waals surface area contributed by atoms with Gasteiger partial charge in [0.2, 0.25) is 0 Å². The third kappa shape index (κ3) is 4.21. The van der Waals surface area contributed by atoms with Crippen LogP contribution in [0.15, 0.2) is 78.0 Å². The predicted molar refractivity (Wildman–Crippen MR) is 115 cm³/mol. The fourth-order valence-electron chi connectivity index (χ4n) is 2.84. The molecule has 2 heterocycles. The number of imidazole rings is 1. The molecule has 0 spiro atoms. The molecule has 2 aromatic carbocycles. The van der Waals surface area contributed by atoms with Gasteiger partial charge >= 0.3 is 0 Å². The number of carbonyl (C=O) groups excluding carboxylic acids is 1. The molecule has 0 unspecified atom stereocenters. The Kier molecular flexibility index (Phi) is 5.37. The summed E-state index contributed by atoms with van der Waals surface area (Å²) in [7, 11) is 0. The number of pyridine rings is 1. The Morgan fingerprint density at radius 3 is 2.75 bits per heavy atom. The van der Waals surface area contributed by atoms with Gasteiger partial charge in [0, 0.05) is 39.3 Å². The van der Waals surface area contributed by atoms with Gasteiger partial charge in [-0.2, -0.15) is 0 Å². The Balaban J connectivity index is 1.40. The Morgan fingerprint density at radius 2 is 1.96 bits per heavy atom. The van der Waals surface area contributed by atoms with Crippen molar-refractivity contribution in [1.82, 2.24) is 9.38 Å². The summed E-state index contributed by atoms with van der Waals surface area (Å²) in [5.74, 6) is 0.622. The first-order valence-electron chi connectivity index (χ1n) is 8.81. The molecular weight excluding hydrogens is 390 g/mol. The number of aromatic nitrogens is 2. The molecule has 2 aromatic heterocycles. The van der Waals surface area contributed by atoms with Crippen LogP contribution in [0.25, 0.3) is 5.65 Å². The highest BCUT2D eigenvalue weighted by Gasteiger charge is 2.09. The first kappa shape index (κ1) is 18.6. The molecule has 0 saturated carbocycles. The predicted octanol–water partition coefficient (Wildman–Crippen LogP) is 5.84. The van der Waals surface area contributed by atoms with Gasteiger partial charge in [-0.1, -0.05) is 23.7 Å². The van der Waals surface area contributed by atoms with E-state index >= 15 is 0 Å². The van der Waals surface area contributed by atoms with Crippen LogP contribution in [-0.2, 0) is 5.75 Å². The lowest BCUT2D eigenvalue weighted by Crippen LogP contribution is -2.12. The normalized spacial score (nSPS) is 10.9. The number of nitrogens with zero attached hydrogens (tertiary/aromatic N) is 2. The summed E-state index contributed by atoms with van der Waals surface area (Å²) in [5.41, 5.74) is 4.27. The zero-order chi connectivity index (χ0) is 19.5. The first-order valence-corrected chi connectivity index (χ1v) is 10.2. The Bertz CT molecular complexity index is 1110. The van der Waals surface area contributed by atoms with E-state index < -0.39 is 0 Å². The van der Waals surface area contributed by atoms with Crippen LogP contribution in [0.2, 0.25) is 5.02 Å². The fraction of sp³-hybridized carbons (Fsp3) is 0.0909. The van der Waals surface area contributed by atoms with Gasteiger partial charge in [-0.15, -0.1) is 11.8 Å². The van der Waals surface area contributed by atoms with Crippen molar-refractivity contribution in [2.24, 2.45) is 0 Å². The largest absolute Gasteiger partial charge is 0.322 e. The van der Waals surface area contributed by atoms with Crippen LogP contribution in [-0.4, -0.2) is 15.3 Å². The minimum Gasteiger partial charge on any atom is -0.322 e. The molecule has 4 aromatic rings. The average Bonchev–Trinajstić information content (AvgIpc) is 3.12. The van der Waals surface area contributed by atoms with Crippen molar-refractivity contribution in [3.05, 3.63) is 94.9 Å². The third-order valence-electron chi connectivity index (χ3n) is 4.36. The van der Waals surface area contributed by atoms with Crippen LogP contribution in [0.4, 0.5) is 5.69 Å². The minimum atomic E-state index is -0.151. The van der Waals surface area contributed by atoms with Gasteiger partial charge in [0.15, 0.2) is 0 Å². The summed E-state index contributed by atoms with van der Waals surface area (Å²) in [5, 5.41) is 3.51. The number of carbonyl (C=O) groups is 1. The number of fused-ring (bicyclic) bond motifs is 1. The number of hydrogen-bond donors (Lipinski definition) is 1. The number of amides is 1. The molecule has 4 nitrogen and oxygen atoms in total. The van der Waals surface area contributed by atoms with Gasteiger partial charge in [0.25, 0.3) is 5.91 Å². The van der Waals surface area contributed by atoms with E-state index in [0.717, 1.165) is 33.2 Å². The molecule has 4 rings (SSSR count). The topological polar surface area (TPSA) is 46.4 Å². The maximum Gasteiger partial charge on any atom is 0.255 e. The molecule has 1 N–H and O–H groups in total. The van der Waals surface area contributed by atoms with Crippen molar-refractivity contribution in [2.75, 3.05) is 5.32 Å². The fourth-order valence-corrected chi connectivity index (χ4v) is 3.79. The van der Waals surface area contributed by atoms with Crippen molar-refractivity contribution < 1.29 is 4.79 Å². The SMILES string of the molecule is Cc1ccc(Cl)cc1NC(=O)c1ccc(SCc2cn3ccccc3n2)cc1. The molecule has 140 valence electrons. The van der Waals surface area contributed by atoms with Gasteiger partial charge in [-0.25, -0.2) is 4.98 Å². The number of halogens is 1. The molecule has 0 bridgehead atoms. The van der Waals surface area contributed by atoms with Crippen LogP contribution in [0.1, 0.15) is 21.6 Å². The molecule has 0 fully saturated rings. The van der Waals surface area contributed by atoms with Gasteiger partial charge in [-0.05, 0) is 61.0 Å². The Morgan fingerprint density at radius 1 is 1.14 bits per heavy atom. The molecule has 0 aliphatic rings. The molecule has 0 aliphatic heterocycles. The summed E-state index contributed by atoms with van der Waals surface area (Å²) in [6.07, 6.45) is 4.03. The molecule has 28 heavy (non-hydrogen) atoms. The monoisotopic (exact) mass is 407 g/mol. The highest BCUT2D eigenvalue weighted by molar-refractivity contribution is 7.98. The van der Waals surface area contributed by atoms with E-state index in [1.807, 2.05) is 78.3 Å². The van der Waals surface area contributed by atoms with E-state index in [1.165, 1.54) is 0 Å². The van der Waals surface area contributed by atoms with Crippen molar-refractivity contribution in [3.8, 4) is 0 Å². The number of hydrogen-bond acceptors (Lipinski definition) is 3. The van der Waals surface area contributed by atoms with Crippen molar-refractivity contribution in [3.63, 3.8) is 0 Å². The zero-order valence-corrected chi connectivity index (χ0v) is 16.8. The molecular formula is C22H18ClN3OS. The Hall–Kier alpha value is -2.76. The quantitative estimate of drug-likeness (QED) is 0.422. The smallest absolute Gasteiger partial charge is 0.255 e. The van der Waals surface area contributed by atoms with Crippen LogP contribution in [0.5, 0.6) is 0 Å². The van der Waals surface area contributed by atoms with Gasteiger partial charge in [-0.3, -0.25) is 4.79 Å². The van der Waals surface area contributed by atoms with Crippen molar-refractivity contribution in [1.29, 1.82) is 0 Å². The van der Waals surface area contributed by atoms with Gasteiger partial charge in [0.05, 0.1) is 5.69 Å². The maximum atomic E-state index is 12.5. The first-order chi connectivity index (χ1) is 13.6. The van der Waals surface area contributed by atoms with E-state index in [2.05, 4.69) is 10.3 Å². The van der Waals surface area contributed by atoms with Crippen LogP contribution >= 0.6 is 23.4 Å². The standard InChI is InChI=1S/C22H18ClN3OS/c1-15-5-8-17(23)12-20(15)25-22(27)16-6-9-19(10-7-16)28-14-18-13-26-11-3-2-4-21(26)24-18/h2-13H,14H2,1H3,(H,25,27). The average molecular weight is 408 g/mol. The van der Waals surface area contributed by atoms with E-state index in [0.29, 0.717) is 10.6 Å².